The third-order valence-electron chi connectivity index (χ3n) is 2.49. The predicted octanol–water partition coefficient (Wildman–Crippen LogP) is 3.60. The van der Waals surface area contributed by atoms with Crippen molar-refractivity contribution in [3.05, 3.63) is 12.2 Å². The second-order valence-corrected chi connectivity index (χ2v) is 5.95. The van der Waals surface area contributed by atoms with Crippen molar-refractivity contribution in [3.63, 3.8) is 0 Å². The standard InChI is InChI=1S/C12H21F2O5P/c1-6-17-11(15)9(4)10(5)12(13,14)20(16,18-7-2)19-8-3/h9H,5-8H2,1-4H3. The molecule has 20 heavy (non-hydrogen) atoms. The topological polar surface area (TPSA) is 61.8 Å². The zero-order chi connectivity index (χ0) is 16.0. The van der Waals surface area contributed by atoms with Crippen LogP contribution in [-0.2, 0) is 23.1 Å². The molecule has 1 unspecified atom stereocenters. The molecule has 0 aliphatic heterocycles. The third-order valence-corrected chi connectivity index (χ3v) is 4.66. The highest BCUT2D eigenvalue weighted by Gasteiger charge is 2.57. The summed E-state index contributed by atoms with van der Waals surface area (Å²) in [6.45, 7) is 8.39. The van der Waals surface area contributed by atoms with Gasteiger partial charge in [0.2, 0.25) is 0 Å². The molecule has 0 amide bonds. The van der Waals surface area contributed by atoms with Gasteiger partial charge in [-0.1, -0.05) is 6.58 Å². The normalized spacial score (nSPS) is 13.9. The number of hydrogen-bond donors (Lipinski definition) is 0. The fourth-order valence-corrected chi connectivity index (χ4v) is 3.01. The molecule has 118 valence electrons. The smallest absolute Gasteiger partial charge is 0.404 e. The number of carbonyl (C=O) groups excluding carboxylic acids is 1. The van der Waals surface area contributed by atoms with Gasteiger partial charge in [-0.2, -0.15) is 8.78 Å². The summed E-state index contributed by atoms with van der Waals surface area (Å²) < 4.78 is 54.6. The van der Waals surface area contributed by atoms with Crippen molar-refractivity contribution in [2.75, 3.05) is 19.8 Å². The molecule has 0 aromatic rings. The number of esters is 1. The van der Waals surface area contributed by atoms with Crippen LogP contribution in [0.2, 0.25) is 0 Å². The van der Waals surface area contributed by atoms with Gasteiger partial charge in [0, 0.05) is 5.57 Å². The van der Waals surface area contributed by atoms with E-state index in [-0.39, 0.29) is 19.8 Å². The molecule has 0 aliphatic rings. The van der Waals surface area contributed by atoms with E-state index in [1.54, 1.807) is 6.92 Å². The van der Waals surface area contributed by atoms with Crippen LogP contribution in [0, 0.1) is 5.92 Å². The van der Waals surface area contributed by atoms with E-state index in [9.17, 15) is 18.1 Å². The van der Waals surface area contributed by atoms with Crippen LogP contribution in [-0.4, -0.2) is 31.5 Å². The number of hydrogen-bond acceptors (Lipinski definition) is 5. The Kier molecular flexibility index (Phi) is 7.55. The molecule has 5 nitrogen and oxygen atoms in total. The summed E-state index contributed by atoms with van der Waals surface area (Å²) in [7, 11) is -4.73. The Morgan fingerprint density at radius 1 is 1.20 bits per heavy atom. The zero-order valence-electron chi connectivity index (χ0n) is 12.2. The number of alkyl halides is 2. The summed E-state index contributed by atoms with van der Waals surface area (Å²) in [6.07, 6.45) is 0. The minimum Gasteiger partial charge on any atom is -0.466 e. The molecule has 1 atom stereocenters. The van der Waals surface area contributed by atoms with Crippen LogP contribution < -0.4 is 0 Å². The van der Waals surface area contributed by atoms with Crippen LogP contribution in [0.4, 0.5) is 8.78 Å². The number of carbonyl (C=O) groups is 1. The SMILES string of the molecule is C=C(C(C)C(=O)OCC)C(F)(F)P(=O)(OCC)OCC. The highest BCUT2D eigenvalue weighted by atomic mass is 31.2. The predicted molar refractivity (Wildman–Crippen MR) is 70.7 cm³/mol. The van der Waals surface area contributed by atoms with Gasteiger partial charge in [0.1, 0.15) is 0 Å². The molecule has 0 aliphatic carbocycles. The number of rotatable bonds is 9. The summed E-state index contributed by atoms with van der Waals surface area (Å²) in [5.41, 5.74) is -4.81. The minimum absolute atomic E-state index is 0.0522. The Balaban J connectivity index is 5.31. The fourth-order valence-electron chi connectivity index (χ4n) is 1.39. The zero-order valence-corrected chi connectivity index (χ0v) is 13.0. The molecule has 0 rings (SSSR count). The Morgan fingerprint density at radius 3 is 2.00 bits per heavy atom. The van der Waals surface area contributed by atoms with Gasteiger partial charge >= 0.3 is 19.2 Å². The van der Waals surface area contributed by atoms with Crippen molar-refractivity contribution in [1.29, 1.82) is 0 Å². The largest absolute Gasteiger partial charge is 0.466 e. The van der Waals surface area contributed by atoms with Crippen molar-refractivity contribution in [2.24, 2.45) is 5.92 Å². The molecule has 0 saturated carbocycles. The molecule has 0 bridgehead atoms. The quantitative estimate of drug-likeness (QED) is 0.370. The van der Waals surface area contributed by atoms with E-state index in [0.717, 1.165) is 0 Å². The first-order valence-corrected chi connectivity index (χ1v) is 7.85. The fraction of sp³-hybridized carbons (Fsp3) is 0.750. The maximum absolute atomic E-state index is 14.3. The summed E-state index contributed by atoms with van der Waals surface area (Å²) in [6, 6.07) is 0. The van der Waals surface area contributed by atoms with Crippen LogP contribution in [0.1, 0.15) is 27.7 Å². The van der Waals surface area contributed by atoms with Crippen LogP contribution >= 0.6 is 7.60 Å². The summed E-state index contributed by atoms with van der Waals surface area (Å²) in [5.74, 6) is -2.18. The van der Waals surface area contributed by atoms with Crippen LogP contribution in [0.15, 0.2) is 12.2 Å². The second-order valence-electron chi connectivity index (χ2n) is 3.87. The molecule has 0 spiro atoms. The number of ether oxygens (including phenoxy) is 1. The third kappa shape index (κ3) is 4.11. The second kappa shape index (κ2) is 7.86. The molecule has 0 aromatic heterocycles. The van der Waals surface area contributed by atoms with E-state index in [0.29, 0.717) is 0 Å². The van der Waals surface area contributed by atoms with Crippen LogP contribution in [0.3, 0.4) is 0 Å². The van der Waals surface area contributed by atoms with Crippen molar-refractivity contribution in [3.8, 4) is 0 Å². The highest BCUT2D eigenvalue weighted by molar-refractivity contribution is 7.55. The Labute approximate surface area is 117 Å². The molecule has 0 saturated heterocycles. The van der Waals surface area contributed by atoms with Crippen molar-refractivity contribution in [2.45, 2.75) is 33.4 Å². The highest BCUT2D eigenvalue weighted by Crippen LogP contribution is 2.65. The lowest BCUT2D eigenvalue weighted by atomic mass is 10.0. The average Bonchev–Trinajstić information content (AvgIpc) is 2.37. The molecule has 8 heteroatoms. The van der Waals surface area contributed by atoms with E-state index >= 15 is 0 Å². The van der Waals surface area contributed by atoms with Gasteiger partial charge in [-0.15, -0.1) is 0 Å². The lowest BCUT2D eigenvalue weighted by Crippen LogP contribution is -2.30. The van der Waals surface area contributed by atoms with E-state index in [4.69, 9.17) is 0 Å². The Bertz CT molecular complexity index is 387. The van der Waals surface area contributed by atoms with Crippen molar-refractivity contribution < 1.29 is 31.9 Å². The molecule has 0 radical (unpaired) electrons. The van der Waals surface area contributed by atoms with E-state index in [2.05, 4.69) is 20.4 Å². The van der Waals surface area contributed by atoms with Gasteiger partial charge in [-0.3, -0.25) is 9.36 Å². The van der Waals surface area contributed by atoms with Gasteiger partial charge in [0.25, 0.3) is 0 Å². The maximum Gasteiger partial charge on any atom is 0.404 e. The average molecular weight is 314 g/mol. The molecular weight excluding hydrogens is 293 g/mol. The van der Waals surface area contributed by atoms with Crippen molar-refractivity contribution >= 4 is 13.6 Å². The van der Waals surface area contributed by atoms with Crippen LogP contribution in [0.25, 0.3) is 0 Å². The van der Waals surface area contributed by atoms with Gasteiger partial charge in [-0.05, 0) is 27.7 Å². The number of halogens is 2. The monoisotopic (exact) mass is 314 g/mol. The Morgan fingerprint density at radius 2 is 1.65 bits per heavy atom. The summed E-state index contributed by atoms with van der Waals surface area (Å²) in [4.78, 5) is 11.5. The molecule has 0 N–H and O–H groups in total. The minimum atomic E-state index is -4.73. The first-order chi connectivity index (χ1) is 9.17. The lowest BCUT2D eigenvalue weighted by molar-refractivity contribution is -0.146. The maximum atomic E-state index is 14.3. The van der Waals surface area contributed by atoms with E-state index in [1.807, 2.05) is 0 Å². The first-order valence-electron chi connectivity index (χ1n) is 6.30. The summed E-state index contributed by atoms with van der Waals surface area (Å²) in [5, 5.41) is 0. The van der Waals surface area contributed by atoms with Gasteiger partial charge < -0.3 is 13.8 Å². The van der Waals surface area contributed by atoms with E-state index in [1.165, 1.54) is 20.8 Å². The summed E-state index contributed by atoms with van der Waals surface area (Å²) >= 11 is 0. The molecule has 0 heterocycles. The van der Waals surface area contributed by atoms with Crippen LogP contribution in [0.5, 0.6) is 0 Å². The van der Waals surface area contributed by atoms with E-state index < -0.39 is 30.7 Å². The molecular formula is C12H21F2O5P. The molecule has 0 aromatic carbocycles. The first kappa shape index (κ1) is 19.2. The van der Waals surface area contributed by atoms with Crippen molar-refractivity contribution in [1.82, 2.24) is 0 Å². The molecule has 0 fully saturated rings. The Hall–Kier alpha value is -0.780. The lowest BCUT2D eigenvalue weighted by Gasteiger charge is -2.29. The van der Waals surface area contributed by atoms with Gasteiger partial charge in [-0.25, -0.2) is 0 Å². The van der Waals surface area contributed by atoms with Gasteiger partial charge in [0.15, 0.2) is 0 Å². The van der Waals surface area contributed by atoms with Gasteiger partial charge in [0.05, 0.1) is 25.7 Å².